The molecule has 1 aliphatic rings. The molecule has 144 valence electrons. The van der Waals surface area contributed by atoms with Gasteiger partial charge < -0.3 is 9.32 Å². The minimum Gasteiger partial charge on any atom is -0.411 e. The second-order valence-electron chi connectivity index (χ2n) is 7.11. The summed E-state index contributed by atoms with van der Waals surface area (Å²) in [5.74, 6) is 0.589. The molecule has 0 unspecified atom stereocenters. The molecule has 6 heteroatoms. The molecule has 1 aromatic heterocycles. The number of likely N-dealkylation sites (tertiary alicyclic amines) is 1. The van der Waals surface area contributed by atoms with Gasteiger partial charge in [0.2, 0.25) is 11.8 Å². The van der Waals surface area contributed by atoms with E-state index in [4.69, 9.17) is 4.42 Å². The zero-order valence-electron chi connectivity index (χ0n) is 16.1. The van der Waals surface area contributed by atoms with Crippen molar-refractivity contribution in [1.29, 1.82) is 0 Å². The monoisotopic (exact) mass is 393 g/mol. The fourth-order valence-corrected chi connectivity index (χ4v) is 4.30. The second kappa shape index (κ2) is 8.19. The predicted octanol–water partition coefficient (Wildman–Crippen LogP) is 4.81. The number of benzene rings is 2. The van der Waals surface area contributed by atoms with Crippen molar-refractivity contribution in [2.75, 3.05) is 13.1 Å². The van der Waals surface area contributed by atoms with Gasteiger partial charge in [-0.3, -0.25) is 4.79 Å². The Hall–Kier alpha value is -2.60. The third kappa shape index (κ3) is 3.97. The van der Waals surface area contributed by atoms with Gasteiger partial charge in [0, 0.05) is 18.7 Å². The number of hydrogen-bond acceptors (Lipinski definition) is 5. The fraction of sp³-hybridized carbons (Fsp3) is 0.318. The van der Waals surface area contributed by atoms with Crippen LogP contribution in [0.5, 0.6) is 0 Å². The Labute approximate surface area is 169 Å². The molecule has 0 radical (unpaired) electrons. The molecule has 4 rings (SSSR count). The van der Waals surface area contributed by atoms with Crippen molar-refractivity contribution in [3.63, 3.8) is 0 Å². The first-order chi connectivity index (χ1) is 13.6. The summed E-state index contributed by atoms with van der Waals surface area (Å²) < 4.78 is 5.90. The smallest absolute Gasteiger partial charge is 0.277 e. The third-order valence-electron chi connectivity index (χ3n) is 5.12. The lowest BCUT2D eigenvalue weighted by atomic mass is 10.1. The van der Waals surface area contributed by atoms with E-state index in [1.165, 1.54) is 22.9 Å². The maximum Gasteiger partial charge on any atom is 0.277 e. The summed E-state index contributed by atoms with van der Waals surface area (Å²) in [5, 5.41) is 8.42. The van der Waals surface area contributed by atoms with Gasteiger partial charge in [-0.15, -0.1) is 10.2 Å². The fourth-order valence-electron chi connectivity index (χ4n) is 3.34. The van der Waals surface area contributed by atoms with Gasteiger partial charge in [-0.2, -0.15) is 0 Å². The van der Waals surface area contributed by atoms with E-state index >= 15 is 0 Å². The van der Waals surface area contributed by atoms with Crippen LogP contribution in [-0.4, -0.2) is 34.1 Å². The summed E-state index contributed by atoms with van der Waals surface area (Å²) >= 11 is 1.33. The van der Waals surface area contributed by atoms with Gasteiger partial charge in [0.1, 0.15) is 5.25 Å². The van der Waals surface area contributed by atoms with E-state index in [0.29, 0.717) is 11.1 Å². The quantitative estimate of drug-likeness (QED) is 0.582. The average molecular weight is 394 g/mol. The molecule has 0 bridgehead atoms. The van der Waals surface area contributed by atoms with E-state index in [1.54, 1.807) is 0 Å². The molecule has 2 heterocycles. The number of carbonyl (C=O) groups excluding carboxylic acids is 1. The van der Waals surface area contributed by atoms with Gasteiger partial charge in [0.15, 0.2) is 0 Å². The summed E-state index contributed by atoms with van der Waals surface area (Å²) in [6, 6.07) is 15.9. The molecule has 1 fully saturated rings. The van der Waals surface area contributed by atoms with Gasteiger partial charge in [-0.05, 0) is 67.3 Å². The molecule has 1 aliphatic heterocycles. The molecule has 3 aromatic rings. The zero-order chi connectivity index (χ0) is 19.5. The number of aryl methyl sites for hydroxylation is 2. The number of aromatic nitrogens is 2. The Balaban J connectivity index is 1.59. The van der Waals surface area contributed by atoms with Crippen molar-refractivity contribution in [3.05, 3.63) is 65.2 Å². The van der Waals surface area contributed by atoms with Gasteiger partial charge in [-0.1, -0.05) is 36.4 Å². The van der Waals surface area contributed by atoms with Gasteiger partial charge in [0.25, 0.3) is 5.22 Å². The summed E-state index contributed by atoms with van der Waals surface area (Å²) in [6.45, 7) is 5.77. The van der Waals surface area contributed by atoms with E-state index in [-0.39, 0.29) is 11.2 Å². The molecule has 0 aliphatic carbocycles. The van der Waals surface area contributed by atoms with Crippen molar-refractivity contribution in [2.24, 2.45) is 0 Å². The van der Waals surface area contributed by atoms with Crippen LogP contribution in [-0.2, 0) is 4.79 Å². The van der Waals surface area contributed by atoms with E-state index in [2.05, 4.69) is 24.0 Å². The van der Waals surface area contributed by atoms with Gasteiger partial charge in [0.05, 0.1) is 0 Å². The van der Waals surface area contributed by atoms with Crippen molar-refractivity contribution in [2.45, 2.75) is 37.2 Å². The molecule has 1 amide bonds. The van der Waals surface area contributed by atoms with Crippen LogP contribution in [0.2, 0.25) is 0 Å². The Bertz CT molecular complexity index is 965. The molecular weight excluding hydrogens is 370 g/mol. The Kier molecular flexibility index (Phi) is 5.48. The van der Waals surface area contributed by atoms with Crippen LogP contribution in [0.3, 0.4) is 0 Å². The third-order valence-corrected chi connectivity index (χ3v) is 6.20. The molecular formula is C22H23N3O2S. The maximum absolute atomic E-state index is 13.1. The molecule has 1 saturated heterocycles. The van der Waals surface area contributed by atoms with Crippen LogP contribution in [0, 0.1) is 13.8 Å². The highest BCUT2D eigenvalue weighted by molar-refractivity contribution is 8.00. The average Bonchev–Trinajstić information content (AvgIpc) is 3.41. The van der Waals surface area contributed by atoms with Gasteiger partial charge in [-0.25, -0.2) is 0 Å². The van der Waals surface area contributed by atoms with Crippen LogP contribution < -0.4 is 0 Å². The first kappa shape index (κ1) is 18.7. The van der Waals surface area contributed by atoms with Crippen molar-refractivity contribution < 1.29 is 9.21 Å². The Morgan fingerprint density at radius 1 is 1.04 bits per heavy atom. The van der Waals surface area contributed by atoms with E-state index in [0.717, 1.165) is 37.1 Å². The summed E-state index contributed by atoms with van der Waals surface area (Å²) in [6.07, 6.45) is 2.13. The zero-order valence-corrected chi connectivity index (χ0v) is 16.9. The van der Waals surface area contributed by atoms with Crippen molar-refractivity contribution in [3.8, 4) is 11.5 Å². The summed E-state index contributed by atoms with van der Waals surface area (Å²) in [4.78, 5) is 15.1. The minimum atomic E-state index is -0.382. The standard InChI is InChI=1S/C22H23N3O2S/c1-15-10-11-18(14-16(15)2)20-23-24-22(27-20)28-19(17-8-4-3-5-9-17)21(26)25-12-6-7-13-25/h3-5,8-11,14,19H,6-7,12-13H2,1-2H3/t19-/m1/s1. The Morgan fingerprint density at radius 2 is 1.79 bits per heavy atom. The highest BCUT2D eigenvalue weighted by Gasteiger charge is 2.30. The van der Waals surface area contributed by atoms with Crippen molar-refractivity contribution >= 4 is 17.7 Å². The van der Waals surface area contributed by atoms with E-state index in [1.807, 2.05) is 53.4 Å². The number of thioether (sulfide) groups is 1. The SMILES string of the molecule is Cc1ccc(-c2nnc(S[C@@H](C(=O)N3CCCC3)c3ccccc3)o2)cc1C. The number of amides is 1. The molecule has 1 atom stereocenters. The largest absolute Gasteiger partial charge is 0.411 e. The lowest BCUT2D eigenvalue weighted by molar-refractivity contribution is -0.129. The van der Waals surface area contributed by atoms with Crippen LogP contribution in [0.25, 0.3) is 11.5 Å². The first-order valence-electron chi connectivity index (χ1n) is 9.53. The molecule has 2 aromatic carbocycles. The normalized spacial score (nSPS) is 15.0. The Morgan fingerprint density at radius 3 is 2.50 bits per heavy atom. The summed E-state index contributed by atoms with van der Waals surface area (Å²) in [5.41, 5.74) is 4.24. The molecule has 28 heavy (non-hydrogen) atoms. The summed E-state index contributed by atoms with van der Waals surface area (Å²) in [7, 11) is 0. The molecule has 0 saturated carbocycles. The van der Waals surface area contributed by atoms with Crippen LogP contribution in [0.4, 0.5) is 0 Å². The van der Waals surface area contributed by atoms with E-state index < -0.39 is 0 Å². The van der Waals surface area contributed by atoms with Crippen LogP contribution >= 0.6 is 11.8 Å². The maximum atomic E-state index is 13.1. The van der Waals surface area contributed by atoms with Gasteiger partial charge >= 0.3 is 0 Å². The highest BCUT2D eigenvalue weighted by atomic mass is 32.2. The number of hydrogen-bond donors (Lipinski definition) is 0. The first-order valence-corrected chi connectivity index (χ1v) is 10.4. The predicted molar refractivity (Wildman–Crippen MR) is 110 cm³/mol. The second-order valence-corrected chi connectivity index (χ2v) is 8.17. The number of rotatable bonds is 5. The lowest BCUT2D eigenvalue weighted by Crippen LogP contribution is -2.31. The topological polar surface area (TPSA) is 59.2 Å². The van der Waals surface area contributed by atoms with E-state index in [9.17, 15) is 4.79 Å². The van der Waals surface area contributed by atoms with Crippen molar-refractivity contribution in [1.82, 2.24) is 15.1 Å². The molecule has 0 spiro atoms. The lowest BCUT2D eigenvalue weighted by Gasteiger charge is -2.22. The van der Waals surface area contributed by atoms with Crippen LogP contribution in [0.1, 0.15) is 34.8 Å². The number of nitrogens with zero attached hydrogens (tertiary/aromatic N) is 3. The number of carbonyl (C=O) groups is 1. The minimum absolute atomic E-state index is 0.111. The molecule has 0 N–H and O–H groups in total. The van der Waals surface area contributed by atoms with Crippen LogP contribution in [0.15, 0.2) is 58.2 Å². The molecule has 5 nitrogen and oxygen atoms in total. The highest BCUT2D eigenvalue weighted by Crippen LogP contribution is 2.37.